The molecule has 1 rings (SSSR count). The molecule has 0 saturated heterocycles. The van der Waals surface area contributed by atoms with Gasteiger partial charge in [-0.15, -0.1) is 0 Å². The second-order valence-electron chi connectivity index (χ2n) is 6.66. The number of aldehydes is 1. The van der Waals surface area contributed by atoms with Crippen molar-refractivity contribution in [3.05, 3.63) is 35.9 Å². The highest BCUT2D eigenvalue weighted by atomic mass is 16.5. The highest BCUT2D eigenvalue weighted by Gasteiger charge is 2.26. The predicted molar refractivity (Wildman–Crippen MR) is 101 cm³/mol. The van der Waals surface area contributed by atoms with Crippen molar-refractivity contribution < 1.29 is 23.9 Å². The number of esters is 1. The summed E-state index contributed by atoms with van der Waals surface area (Å²) in [6.45, 7) is 3.62. The lowest BCUT2D eigenvalue weighted by atomic mass is 10.0. The highest BCUT2D eigenvalue weighted by Crippen LogP contribution is 2.07. The lowest BCUT2D eigenvalue weighted by Crippen LogP contribution is -2.52. The Kier molecular flexibility index (Phi) is 9.79. The third kappa shape index (κ3) is 8.48. The van der Waals surface area contributed by atoms with Crippen LogP contribution >= 0.6 is 0 Å². The zero-order chi connectivity index (χ0) is 20.2. The molecule has 0 spiro atoms. The minimum atomic E-state index is -0.756. The molecule has 7 nitrogen and oxygen atoms in total. The number of methoxy groups -OCH3 is 1. The number of ether oxygens (including phenoxy) is 1. The SMILES string of the molecule is COC(=O)CCCC(=O)NC(C(=O)NC(C=O)Cc1ccccc1)C(C)C. The monoisotopic (exact) mass is 376 g/mol. The normalized spacial score (nSPS) is 12.7. The number of hydrogen-bond acceptors (Lipinski definition) is 5. The van der Waals surface area contributed by atoms with Crippen LogP contribution in [0, 0.1) is 5.92 Å². The summed E-state index contributed by atoms with van der Waals surface area (Å²) in [4.78, 5) is 47.0. The van der Waals surface area contributed by atoms with Crippen LogP contribution in [0.3, 0.4) is 0 Å². The lowest BCUT2D eigenvalue weighted by Gasteiger charge is -2.23. The molecule has 148 valence electrons. The molecule has 0 radical (unpaired) electrons. The quantitative estimate of drug-likeness (QED) is 0.449. The average molecular weight is 376 g/mol. The molecule has 0 bridgehead atoms. The fraction of sp³-hybridized carbons (Fsp3) is 0.500. The first kappa shape index (κ1) is 22.3. The van der Waals surface area contributed by atoms with Gasteiger partial charge in [0.25, 0.3) is 0 Å². The summed E-state index contributed by atoms with van der Waals surface area (Å²) in [5, 5.41) is 5.37. The maximum atomic E-state index is 12.5. The number of hydrogen-bond donors (Lipinski definition) is 2. The summed E-state index contributed by atoms with van der Waals surface area (Å²) < 4.78 is 4.53. The average Bonchev–Trinajstić information content (AvgIpc) is 2.65. The third-order valence-electron chi connectivity index (χ3n) is 4.07. The molecule has 2 amide bonds. The zero-order valence-corrected chi connectivity index (χ0v) is 16.1. The summed E-state index contributed by atoms with van der Waals surface area (Å²) in [5.41, 5.74) is 0.933. The van der Waals surface area contributed by atoms with Gasteiger partial charge in [-0.1, -0.05) is 44.2 Å². The molecule has 0 aromatic heterocycles. The number of carbonyl (C=O) groups excluding carboxylic acids is 4. The van der Waals surface area contributed by atoms with E-state index in [2.05, 4.69) is 15.4 Å². The molecule has 1 aromatic rings. The molecule has 0 aliphatic carbocycles. The predicted octanol–water partition coefficient (Wildman–Crippen LogP) is 1.40. The third-order valence-corrected chi connectivity index (χ3v) is 4.07. The standard InChI is InChI=1S/C20H28N2O5/c1-14(2)19(22-17(24)10-7-11-18(25)27-3)20(26)21-16(13-23)12-15-8-5-4-6-9-15/h4-6,8-9,13-14,16,19H,7,10-12H2,1-3H3,(H,21,26)(H,22,24). The van der Waals surface area contributed by atoms with Gasteiger partial charge in [0.15, 0.2) is 0 Å². The Balaban J connectivity index is 2.59. The van der Waals surface area contributed by atoms with Gasteiger partial charge in [0.1, 0.15) is 12.3 Å². The van der Waals surface area contributed by atoms with Crippen LogP contribution in [0.5, 0.6) is 0 Å². The summed E-state index contributed by atoms with van der Waals surface area (Å²) in [6.07, 6.45) is 1.68. The van der Waals surface area contributed by atoms with E-state index in [0.717, 1.165) is 5.56 Å². The second-order valence-corrected chi connectivity index (χ2v) is 6.66. The topological polar surface area (TPSA) is 102 Å². The minimum Gasteiger partial charge on any atom is -0.469 e. The summed E-state index contributed by atoms with van der Waals surface area (Å²) in [7, 11) is 1.29. The van der Waals surface area contributed by atoms with Crippen molar-refractivity contribution in [3.63, 3.8) is 0 Å². The molecule has 2 N–H and O–H groups in total. The van der Waals surface area contributed by atoms with Crippen LogP contribution in [0.4, 0.5) is 0 Å². The molecular weight excluding hydrogens is 348 g/mol. The molecule has 0 aliphatic rings. The van der Waals surface area contributed by atoms with E-state index >= 15 is 0 Å². The van der Waals surface area contributed by atoms with Gasteiger partial charge in [-0.05, 0) is 24.3 Å². The van der Waals surface area contributed by atoms with Crippen LogP contribution in [0.15, 0.2) is 30.3 Å². The van der Waals surface area contributed by atoms with E-state index in [1.807, 2.05) is 44.2 Å². The van der Waals surface area contributed by atoms with E-state index in [0.29, 0.717) is 19.1 Å². The molecule has 27 heavy (non-hydrogen) atoms. The van der Waals surface area contributed by atoms with Crippen LogP contribution in [-0.4, -0.2) is 43.3 Å². The first-order valence-electron chi connectivity index (χ1n) is 9.03. The van der Waals surface area contributed by atoms with Crippen LogP contribution in [0.1, 0.15) is 38.7 Å². The first-order chi connectivity index (χ1) is 12.9. The van der Waals surface area contributed by atoms with Gasteiger partial charge < -0.3 is 20.2 Å². The van der Waals surface area contributed by atoms with Crippen LogP contribution in [-0.2, 0) is 30.3 Å². The largest absolute Gasteiger partial charge is 0.469 e. The van der Waals surface area contributed by atoms with E-state index < -0.39 is 18.0 Å². The molecule has 7 heteroatoms. The van der Waals surface area contributed by atoms with Crippen LogP contribution in [0.2, 0.25) is 0 Å². The van der Waals surface area contributed by atoms with Gasteiger partial charge in [-0.3, -0.25) is 14.4 Å². The van der Waals surface area contributed by atoms with E-state index in [1.54, 1.807) is 0 Å². The van der Waals surface area contributed by atoms with Crippen molar-refractivity contribution in [2.45, 2.75) is 51.6 Å². The van der Waals surface area contributed by atoms with Crippen LogP contribution in [0.25, 0.3) is 0 Å². The maximum Gasteiger partial charge on any atom is 0.305 e. The van der Waals surface area contributed by atoms with Crippen molar-refractivity contribution in [3.8, 4) is 0 Å². The number of carbonyl (C=O) groups is 4. The number of benzene rings is 1. The van der Waals surface area contributed by atoms with Crippen LogP contribution < -0.4 is 10.6 Å². The molecule has 0 aliphatic heterocycles. The zero-order valence-electron chi connectivity index (χ0n) is 16.1. The summed E-state index contributed by atoms with van der Waals surface area (Å²) in [6, 6.07) is 7.95. The molecule has 0 saturated carbocycles. The molecule has 2 unspecified atom stereocenters. The minimum absolute atomic E-state index is 0.118. The smallest absolute Gasteiger partial charge is 0.305 e. The summed E-state index contributed by atoms with van der Waals surface area (Å²) in [5.74, 6) is -1.26. The van der Waals surface area contributed by atoms with Crippen molar-refractivity contribution in [2.24, 2.45) is 5.92 Å². The van der Waals surface area contributed by atoms with Crippen molar-refractivity contribution >= 4 is 24.1 Å². The molecular formula is C20H28N2O5. The lowest BCUT2D eigenvalue weighted by molar-refractivity contribution is -0.140. The summed E-state index contributed by atoms with van der Waals surface area (Å²) >= 11 is 0. The van der Waals surface area contributed by atoms with Crippen molar-refractivity contribution in [2.75, 3.05) is 7.11 Å². The van der Waals surface area contributed by atoms with E-state index in [9.17, 15) is 19.2 Å². The Morgan fingerprint density at radius 1 is 1.07 bits per heavy atom. The Bertz CT molecular complexity index is 631. The molecule has 1 aromatic carbocycles. The maximum absolute atomic E-state index is 12.5. The fourth-order valence-corrected chi connectivity index (χ4v) is 2.55. The Hall–Kier alpha value is -2.70. The van der Waals surface area contributed by atoms with Gasteiger partial charge in [-0.2, -0.15) is 0 Å². The molecule has 0 fully saturated rings. The first-order valence-corrected chi connectivity index (χ1v) is 9.03. The second kappa shape index (κ2) is 11.8. The van der Waals surface area contributed by atoms with Crippen molar-refractivity contribution in [1.29, 1.82) is 0 Å². The van der Waals surface area contributed by atoms with Crippen molar-refractivity contribution in [1.82, 2.24) is 10.6 Å². The Morgan fingerprint density at radius 2 is 1.74 bits per heavy atom. The van der Waals surface area contributed by atoms with Gasteiger partial charge in [0.05, 0.1) is 13.2 Å². The number of amides is 2. The molecule has 2 atom stereocenters. The van der Waals surface area contributed by atoms with E-state index in [-0.39, 0.29) is 30.6 Å². The van der Waals surface area contributed by atoms with Gasteiger partial charge >= 0.3 is 5.97 Å². The number of nitrogens with one attached hydrogen (secondary N) is 2. The Labute approximate surface area is 159 Å². The fourth-order valence-electron chi connectivity index (χ4n) is 2.55. The van der Waals surface area contributed by atoms with E-state index in [1.165, 1.54) is 7.11 Å². The highest BCUT2D eigenvalue weighted by molar-refractivity contribution is 5.89. The molecule has 0 heterocycles. The Morgan fingerprint density at radius 3 is 2.30 bits per heavy atom. The number of rotatable bonds is 11. The van der Waals surface area contributed by atoms with Gasteiger partial charge in [0.2, 0.25) is 11.8 Å². The van der Waals surface area contributed by atoms with Gasteiger partial charge in [0, 0.05) is 12.8 Å². The van der Waals surface area contributed by atoms with E-state index in [4.69, 9.17) is 0 Å². The van der Waals surface area contributed by atoms with Gasteiger partial charge in [-0.25, -0.2) is 0 Å².